The third-order valence-electron chi connectivity index (χ3n) is 4.25. The van der Waals surface area contributed by atoms with Crippen LogP contribution in [0.2, 0.25) is 0 Å². The SMILES string of the molecule is Nc1ccc(C2(c3nnc4n3CCC4)CC2)cc1. The number of aromatic nitrogens is 3. The molecule has 2 N–H and O–H groups in total. The maximum Gasteiger partial charge on any atom is 0.143 e. The van der Waals surface area contributed by atoms with Crippen molar-refractivity contribution in [3.8, 4) is 0 Å². The minimum absolute atomic E-state index is 0.114. The lowest BCUT2D eigenvalue weighted by Crippen LogP contribution is -2.16. The van der Waals surface area contributed by atoms with Crippen LogP contribution in [0, 0.1) is 0 Å². The van der Waals surface area contributed by atoms with Gasteiger partial charge in [0.25, 0.3) is 0 Å². The largest absolute Gasteiger partial charge is 0.399 e. The van der Waals surface area contributed by atoms with Gasteiger partial charge in [-0.05, 0) is 37.0 Å². The van der Waals surface area contributed by atoms with E-state index in [-0.39, 0.29) is 5.41 Å². The normalized spacial score (nSPS) is 19.8. The van der Waals surface area contributed by atoms with E-state index in [0.29, 0.717) is 0 Å². The predicted molar refractivity (Wildman–Crippen MR) is 69.2 cm³/mol. The zero-order valence-electron chi connectivity index (χ0n) is 10.3. The van der Waals surface area contributed by atoms with Crippen molar-refractivity contribution in [1.82, 2.24) is 14.8 Å². The summed E-state index contributed by atoms with van der Waals surface area (Å²) in [6, 6.07) is 8.24. The van der Waals surface area contributed by atoms with E-state index in [1.165, 1.54) is 30.7 Å². The summed E-state index contributed by atoms with van der Waals surface area (Å²) in [7, 11) is 0. The second-order valence-corrected chi connectivity index (χ2v) is 5.40. The van der Waals surface area contributed by atoms with Crippen LogP contribution in [0.25, 0.3) is 0 Å². The van der Waals surface area contributed by atoms with Crippen molar-refractivity contribution in [2.75, 3.05) is 5.73 Å². The molecule has 1 aliphatic heterocycles. The smallest absolute Gasteiger partial charge is 0.143 e. The van der Waals surface area contributed by atoms with Gasteiger partial charge in [0.1, 0.15) is 11.6 Å². The summed E-state index contributed by atoms with van der Waals surface area (Å²) in [6.07, 6.45) is 4.63. The van der Waals surface area contributed by atoms with Crippen LogP contribution < -0.4 is 5.73 Å². The van der Waals surface area contributed by atoms with E-state index in [4.69, 9.17) is 5.73 Å². The number of hydrogen-bond donors (Lipinski definition) is 1. The molecule has 0 atom stereocenters. The molecule has 0 bridgehead atoms. The van der Waals surface area contributed by atoms with Crippen molar-refractivity contribution in [3.63, 3.8) is 0 Å². The Morgan fingerprint density at radius 3 is 2.61 bits per heavy atom. The maximum atomic E-state index is 5.77. The summed E-state index contributed by atoms with van der Waals surface area (Å²) in [5, 5.41) is 8.79. The fourth-order valence-electron chi connectivity index (χ4n) is 3.07. The summed E-state index contributed by atoms with van der Waals surface area (Å²) in [6.45, 7) is 1.08. The van der Waals surface area contributed by atoms with Crippen molar-refractivity contribution < 1.29 is 0 Å². The van der Waals surface area contributed by atoms with E-state index < -0.39 is 0 Å². The van der Waals surface area contributed by atoms with Crippen LogP contribution in [-0.4, -0.2) is 14.8 Å². The van der Waals surface area contributed by atoms with E-state index >= 15 is 0 Å². The van der Waals surface area contributed by atoms with Crippen LogP contribution in [-0.2, 0) is 18.4 Å². The molecule has 2 aliphatic rings. The molecule has 2 aromatic rings. The third kappa shape index (κ3) is 1.26. The van der Waals surface area contributed by atoms with Crippen LogP contribution in [0.4, 0.5) is 5.69 Å². The van der Waals surface area contributed by atoms with E-state index in [9.17, 15) is 0 Å². The van der Waals surface area contributed by atoms with Gasteiger partial charge >= 0.3 is 0 Å². The fraction of sp³-hybridized carbons (Fsp3) is 0.429. The average molecular weight is 240 g/mol. The average Bonchev–Trinajstić information content (AvgIpc) is 2.86. The van der Waals surface area contributed by atoms with E-state index in [1.54, 1.807) is 0 Å². The third-order valence-corrected chi connectivity index (χ3v) is 4.25. The second kappa shape index (κ2) is 3.34. The van der Waals surface area contributed by atoms with Crippen molar-refractivity contribution in [2.45, 2.75) is 37.6 Å². The number of aryl methyl sites for hydroxylation is 1. The zero-order chi connectivity index (χ0) is 12.2. The number of fused-ring (bicyclic) bond motifs is 1. The van der Waals surface area contributed by atoms with Gasteiger partial charge in [-0.15, -0.1) is 10.2 Å². The van der Waals surface area contributed by atoms with Gasteiger partial charge in [0.15, 0.2) is 0 Å². The van der Waals surface area contributed by atoms with E-state index in [1.807, 2.05) is 12.1 Å². The number of nitrogens with two attached hydrogens (primary N) is 1. The van der Waals surface area contributed by atoms with Gasteiger partial charge in [0.2, 0.25) is 0 Å². The van der Waals surface area contributed by atoms with Crippen LogP contribution in [0.5, 0.6) is 0 Å². The second-order valence-electron chi connectivity index (χ2n) is 5.40. The number of rotatable bonds is 2. The Labute approximate surface area is 106 Å². The lowest BCUT2D eigenvalue weighted by atomic mass is 9.95. The Balaban J connectivity index is 1.81. The molecule has 1 aromatic carbocycles. The molecule has 0 spiro atoms. The van der Waals surface area contributed by atoms with Gasteiger partial charge in [0.05, 0.1) is 5.41 Å². The molecule has 0 unspecified atom stereocenters. The zero-order valence-corrected chi connectivity index (χ0v) is 10.3. The highest BCUT2D eigenvalue weighted by Crippen LogP contribution is 2.53. The summed E-state index contributed by atoms with van der Waals surface area (Å²) in [4.78, 5) is 0. The Morgan fingerprint density at radius 1 is 1.11 bits per heavy atom. The summed E-state index contributed by atoms with van der Waals surface area (Å²) in [5.74, 6) is 2.33. The standard InChI is InChI=1S/C14H16N4/c15-11-5-3-10(4-6-11)14(7-8-14)13-17-16-12-2-1-9-18(12)13/h3-6H,1-2,7-9,15H2. The molecule has 92 valence electrons. The van der Waals surface area contributed by atoms with Gasteiger partial charge in [-0.2, -0.15) is 0 Å². The van der Waals surface area contributed by atoms with Crippen molar-refractivity contribution in [1.29, 1.82) is 0 Å². The number of hydrogen-bond acceptors (Lipinski definition) is 3. The number of nitrogens with zero attached hydrogens (tertiary/aromatic N) is 3. The van der Waals surface area contributed by atoms with Crippen molar-refractivity contribution in [3.05, 3.63) is 41.5 Å². The first-order chi connectivity index (χ1) is 8.79. The Bertz CT molecular complexity index is 593. The molecule has 0 radical (unpaired) electrons. The molecule has 4 nitrogen and oxygen atoms in total. The lowest BCUT2D eigenvalue weighted by Gasteiger charge is -2.15. The lowest BCUT2D eigenvalue weighted by molar-refractivity contribution is 0.635. The molecule has 1 aromatic heterocycles. The van der Waals surface area contributed by atoms with Crippen molar-refractivity contribution >= 4 is 5.69 Å². The van der Waals surface area contributed by atoms with Gasteiger partial charge < -0.3 is 10.3 Å². The molecule has 0 amide bonds. The first-order valence-corrected chi connectivity index (χ1v) is 6.58. The minimum Gasteiger partial charge on any atom is -0.399 e. The fourth-order valence-corrected chi connectivity index (χ4v) is 3.07. The molecule has 4 rings (SSSR count). The number of anilines is 1. The minimum atomic E-state index is 0.114. The molecule has 18 heavy (non-hydrogen) atoms. The molecule has 1 saturated carbocycles. The summed E-state index contributed by atoms with van der Waals surface area (Å²) in [5.41, 5.74) is 8.03. The molecule has 2 heterocycles. The number of nitrogen functional groups attached to an aromatic ring is 1. The monoisotopic (exact) mass is 240 g/mol. The van der Waals surface area contributed by atoms with E-state index in [2.05, 4.69) is 26.9 Å². The quantitative estimate of drug-likeness (QED) is 0.815. The summed E-state index contributed by atoms with van der Waals surface area (Å²) < 4.78 is 2.32. The van der Waals surface area contributed by atoms with Gasteiger partial charge in [0, 0.05) is 18.7 Å². The Kier molecular flexibility index (Phi) is 1.88. The number of benzene rings is 1. The maximum absolute atomic E-state index is 5.77. The molecule has 1 aliphatic carbocycles. The molecular weight excluding hydrogens is 224 g/mol. The first kappa shape index (κ1) is 10.1. The van der Waals surface area contributed by atoms with Crippen LogP contribution in [0.15, 0.2) is 24.3 Å². The van der Waals surface area contributed by atoms with Gasteiger partial charge in [-0.25, -0.2) is 0 Å². The topological polar surface area (TPSA) is 56.7 Å². The molecular formula is C14H16N4. The van der Waals surface area contributed by atoms with E-state index in [0.717, 1.165) is 24.5 Å². The Morgan fingerprint density at radius 2 is 1.89 bits per heavy atom. The summed E-state index contributed by atoms with van der Waals surface area (Å²) >= 11 is 0. The van der Waals surface area contributed by atoms with Crippen molar-refractivity contribution in [2.24, 2.45) is 0 Å². The molecule has 0 saturated heterocycles. The highest BCUT2D eigenvalue weighted by Gasteiger charge is 2.50. The molecule has 1 fully saturated rings. The van der Waals surface area contributed by atoms with Gasteiger partial charge in [-0.3, -0.25) is 0 Å². The van der Waals surface area contributed by atoms with Crippen LogP contribution in [0.3, 0.4) is 0 Å². The molecule has 4 heteroatoms. The highest BCUT2D eigenvalue weighted by atomic mass is 15.3. The highest BCUT2D eigenvalue weighted by molar-refractivity contribution is 5.46. The predicted octanol–water partition coefficient (Wildman–Crippen LogP) is 1.89. The van der Waals surface area contributed by atoms with Gasteiger partial charge in [-0.1, -0.05) is 12.1 Å². The first-order valence-electron chi connectivity index (χ1n) is 6.58. The van der Waals surface area contributed by atoms with Crippen LogP contribution >= 0.6 is 0 Å². The van der Waals surface area contributed by atoms with Crippen LogP contribution in [0.1, 0.15) is 36.5 Å². The Hall–Kier alpha value is -1.84.